The van der Waals surface area contributed by atoms with E-state index in [1.807, 2.05) is 38.1 Å². The summed E-state index contributed by atoms with van der Waals surface area (Å²) in [5, 5.41) is 9.51. The van der Waals surface area contributed by atoms with Crippen molar-refractivity contribution in [2.24, 2.45) is 0 Å². The van der Waals surface area contributed by atoms with Crippen LogP contribution < -0.4 is 0 Å². The number of benzene rings is 1. The van der Waals surface area contributed by atoms with Crippen LogP contribution in [0.1, 0.15) is 30.6 Å². The molecule has 0 radical (unpaired) electrons. The molecule has 0 aliphatic carbocycles. The van der Waals surface area contributed by atoms with Crippen molar-refractivity contribution in [1.29, 1.82) is 0 Å². The van der Waals surface area contributed by atoms with Gasteiger partial charge in [-0.05, 0) is 24.5 Å². The third kappa shape index (κ3) is 1.81. The third-order valence-electron chi connectivity index (χ3n) is 1.93. The van der Waals surface area contributed by atoms with E-state index in [0.717, 1.165) is 12.0 Å². The summed E-state index contributed by atoms with van der Waals surface area (Å²) in [5.41, 5.74) is 2.22. The van der Waals surface area contributed by atoms with E-state index < -0.39 is 0 Å². The molecule has 1 heteroatoms. The van der Waals surface area contributed by atoms with Gasteiger partial charge in [-0.25, -0.2) is 0 Å². The van der Waals surface area contributed by atoms with Crippen molar-refractivity contribution < 1.29 is 5.11 Å². The summed E-state index contributed by atoms with van der Waals surface area (Å²) >= 11 is 0. The lowest BCUT2D eigenvalue weighted by Gasteiger charge is -2.10. The first-order chi connectivity index (χ1) is 5.25. The van der Waals surface area contributed by atoms with Gasteiger partial charge in [0.15, 0.2) is 0 Å². The van der Waals surface area contributed by atoms with Crippen molar-refractivity contribution >= 4 is 0 Å². The topological polar surface area (TPSA) is 20.2 Å². The monoisotopic (exact) mass is 150 g/mol. The minimum absolute atomic E-state index is 0.295. The summed E-state index contributed by atoms with van der Waals surface area (Å²) in [6, 6.07) is 7.94. The first-order valence-electron chi connectivity index (χ1n) is 3.99. The van der Waals surface area contributed by atoms with Gasteiger partial charge in [0.05, 0.1) is 6.10 Å². The van der Waals surface area contributed by atoms with Crippen LogP contribution in [0.15, 0.2) is 24.3 Å². The summed E-state index contributed by atoms with van der Waals surface area (Å²) in [6.45, 7) is 4.01. The van der Waals surface area contributed by atoms with Crippen molar-refractivity contribution in [3.8, 4) is 0 Å². The maximum Gasteiger partial charge on any atom is 0.0790 e. The van der Waals surface area contributed by atoms with Gasteiger partial charge in [0.1, 0.15) is 0 Å². The van der Waals surface area contributed by atoms with E-state index in [1.165, 1.54) is 5.56 Å². The predicted octanol–water partition coefficient (Wildman–Crippen LogP) is 2.44. The average Bonchev–Trinajstić information content (AvgIpc) is 2.04. The van der Waals surface area contributed by atoms with Crippen molar-refractivity contribution in [3.63, 3.8) is 0 Å². The molecular weight excluding hydrogens is 136 g/mol. The van der Waals surface area contributed by atoms with Gasteiger partial charge in [0, 0.05) is 0 Å². The second-order valence-corrected chi connectivity index (χ2v) is 2.78. The standard InChI is InChI=1S/C10H14O/c1-3-10(11)9-7-5-4-6-8(9)2/h4-7,10-11H,3H2,1-2H3. The van der Waals surface area contributed by atoms with Gasteiger partial charge in [-0.15, -0.1) is 0 Å². The van der Waals surface area contributed by atoms with Gasteiger partial charge in [0.25, 0.3) is 0 Å². The lowest BCUT2D eigenvalue weighted by atomic mass is 10.0. The molecule has 1 aromatic carbocycles. The molecule has 0 heterocycles. The van der Waals surface area contributed by atoms with Gasteiger partial charge in [-0.2, -0.15) is 0 Å². The Morgan fingerprint density at radius 1 is 1.36 bits per heavy atom. The highest BCUT2D eigenvalue weighted by atomic mass is 16.3. The molecule has 0 amide bonds. The van der Waals surface area contributed by atoms with Crippen LogP contribution in [0.4, 0.5) is 0 Å². The maximum atomic E-state index is 9.51. The van der Waals surface area contributed by atoms with Crippen LogP contribution in [-0.2, 0) is 0 Å². The molecule has 1 unspecified atom stereocenters. The van der Waals surface area contributed by atoms with Crippen LogP contribution in [0.2, 0.25) is 0 Å². The molecule has 0 saturated carbocycles. The van der Waals surface area contributed by atoms with Crippen LogP contribution in [0.25, 0.3) is 0 Å². The minimum Gasteiger partial charge on any atom is -0.388 e. The summed E-state index contributed by atoms with van der Waals surface area (Å²) in [7, 11) is 0. The summed E-state index contributed by atoms with van der Waals surface area (Å²) < 4.78 is 0. The number of aryl methyl sites for hydroxylation is 1. The number of aliphatic hydroxyl groups excluding tert-OH is 1. The number of hydrogen-bond donors (Lipinski definition) is 1. The summed E-state index contributed by atoms with van der Waals surface area (Å²) in [5.74, 6) is 0. The zero-order valence-electron chi connectivity index (χ0n) is 7.04. The van der Waals surface area contributed by atoms with Crippen molar-refractivity contribution in [3.05, 3.63) is 35.4 Å². The Bertz CT molecular complexity index is 230. The van der Waals surface area contributed by atoms with Crippen LogP contribution in [0.5, 0.6) is 0 Å². The Morgan fingerprint density at radius 3 is 2.55 bits per heavy atom. The Hall–Kier alpha value is -0.820. The highest BCUT2D eigenvalue weighted by Crippen LogP contribution is 2.19. The second kappa shape index (κ2) is 3.54. The molecule has 0 spiro atoms. The second-order valence-electron chi connectivity index (χ2n) is 2.78. The fourth-order valence-corrected chi connectivity index (χ4v) is 1.18. The van der Waals surface area contributed by atoms with Crippen LogP contribution in [-0.4, -0.2) is 5.11 Å². The average molecular weight is 150 g/mol. The van der Waals surface area contributed by atoms with Gasteiger partial charge in [-0.3, -0.25) is 0 Å². The van der Waals surface area contributed by atoms with E-state index in [4.69, 9.17) is 0 Å². The van der Waals surface area contributed by atoms with E-state index in [2.05, 4.69) is 0 Å². The highest BCUT2D eigenvalue weighted by molar-refractivity contribution is 5.27. The zero-order chi connectivity index (χ0) is 8.27. The van der Waals surface area contributed by atoms with Crippen molar-refractivity contribution in [2.45, 2.75) is 26.4 Å². The number of hydrogen-bond acceptors (Lipinski definition) is 1. The molecule has 60 valence electrons. The van der Waals surface area contributed by atoms with Crippen LogP contribution in [0.3, 0.4) is 0 Å². The van der Waals surface area contributed by atoms with Gasteiger partial charge >= 0.3 is 0 Å². The molecule has 1 N–H and O–H groups in total. The minimum atomic E-state index is -0.295. The predicted molar refractivity (Wildman–Crippen MR) is 46.4 cm³/mol. The SMILES string of the molecule is CCC(O)c1ccccc1C. The molecular formula is C10H14O. The third-order valence-corrected chi connectivity index (χ3v) is 1.93. The molecule has 0 aliphatic rings. The Morgan fingerprint density at radius 2 is 2.00 bits per heavy atom. The lowest BCUT2D eigenvalue weighted by molar-refractivity contribution is 0.173. The van der Waals surface area contributed by atoms with Gasteiger partial charge < -0.3 is 5.11 Å². The molecule has 11 heavy (non-hydrogen) atoms. The van der Waals surface area contributed by atoms with Crippen LogP contribution >= 0.6 is 0 Å². The quantitative estimate of drug-likeness (QED) is 0.686. The Labute approximate surface area is 67.7 Å². The fraction of sp³-hybridized carbons (Fsp3) is 0.400. The lowest BCUT2D eigenvalue weighted by Crippen LogP contribution is -1.97. The molecule has 0 saturated heterocycles. The van der Waals surface area contributed by atoms with Crippen molar-refractivity contribution in [2.75, 3.05) is 0 Å². The fourth-order valence-electron chi connectivity index (χ4n) is 1.18. The molecule has 0 aliphatic heterocycles. The molecule has 0 bridgehead atoms. The number of rotatable bonds is 2. The normalized spacial score (nSPS) is 13.0. The highest BCUT2D eigenvalue weighted by Gasteiger charge is 2.05. The molecule has 1 rings (SSSR count). The van der Waals surface area contributed by atoms with Gasteiger partial charge in [0.2, 0.25) is 0 Å². The summed E-state index contributed by atoms with van der Waals surface area (Å²) in [4.78, 5) is 0. The molecule has 1 atom stereocenters. The molecule has 1 nitrogen and oxygen atoms in total. The Kier molecular flexibility index (Phi) is 2.66. The smallest absolute Gasteiger partial charge is 0.0790 e. The first-order valence-corrected chi connectivity index (χ1v) is 3.99. The van der Waals surface area contributed by atoms with E-state index in [-0.39, 0.29) is 6.10 Å². The summed E-state index contributed by atoms with van der Waals surface area (Å²) in [6.07, 6.45) is 0.487. The Balaban J connectivity index is 2.93. The molecule has 1 aromatic rings. The van der Waals surface area contributed by atoms with Crippen LogP contribution in [0, 0.1) is 6.92 Å². The largest absolute Gasteiger partial charge is 0.388 e. The van der Waals surface area contributed by atoms with Crippen molar-refractivity contribution in [1.82, 2.24) is 0 Å². The molecule has 0 fully saturated rings. The first kappa shape index (κ1) is 8.28. The van der Waals surface area contributed by atoms with Gasteiger partial charge in [-0.1, -0.05) is 31.2 Å². The van der Waals surface area contributed by atoms with E-state index in [9.17, 15) is 5.11 Å². The molecule has 0 aromatic heterocycles. The maximum absolute atomic E-state index is 9.51. The zero-order valence-corrected chi connectivity index (χ0v) is 7.04. The van der Waals surface area contributed by atoms with E-state index >= 15 is 0 Å². The number of aliphatic hydroxyl groups is 1. The van der Waals surface area contributed by atoms with E-state index in [1.54, 1.807) is 0 Å². The van der Waals surface area contributed by atoms with E-state index in [0.29, 0.717) is 0 Å².